The Kier molecular flexibility index (Phi) is 8.18. The molecule has 4 heteroatoms. The standard InChI is InChI=1S/C56H52N2S2/c1-53-27-11-13-29-55(53,59-3)47-35-37(23-25-49(47)57(53)45-15-7-5-8-16-45)43-31-39-19-21-41-33-44(34-42-22-20-40(32-43)51(39)52(41)42)38-24-26-50-48(36-38)56(60-4)30-14-12-28-54(56,2)58(50)46-17-9-6-10-18-46/h5-10,15-26,31-36H,11-14,27-30H2,1-4H3. The van der Waals surface area contributed by atoms with Gasteiger partial charge in [0.1, 0.15) is 0 Å². The largest absolute Gasteiger partial charge is 0.334 e. The van der Waals surface area contributed by atoms with E-state index < -0.39 is 0 Å². The highest BCUT2D eigenvalue weighted by atomic mass is 32.2. The zero-order chi connectivity index (χ0) is 40.4. The first-order valence-electron chi connectivity index (χ1n) is 22.2. The summed E-state index contributed by atoms with van der Waals surface area (Å²) in [6, 6.07) is 56.3. The van der Waals surface area contributed by atoms with Crippen LogP contribution in [0.2, 0.25) is 0 Å². The first kappa shape index (κ1) is 36.9. The van der Waals surface area contributed by atoms with Crippen molar-refractivity contribution in [1.82, 2.24) is 0 Å². The van der Waals surface area contributed by atoms with Gasteiger partial charge in [-0.15, -0.1) is 0 Å². The van der Waals surface area contributed by atoms with Crippen LogP contribution in [0, 0.1) is 0 Å². The fraction of sp³-hybridized carbons (Fsp3) is 0.286. The number of rotatable bonds is 6. The maximum atomic E-state index is 2.69. The second-order valence-electron chi connectivity index (χ2n) is 18.6. The number of anilines is 4. The zero-order valence-electron chi connectivity index (χ0n) is 35.2. The van der Waals surface area contributed by atoms with Crippen LogP contribution in [-0.2, 0) is 9.49 Å². The Bertz CT molecular complexity index is 2710. The summed E-state index contributed by atoms with van der Waals surface area (Å²) in [5.41, 5.74) is 13.7. The summed E-state index contributed by atoms with van der Waals surface area (Å²) in [5.74, 6) is 0. The molecule has 2 aliphatic carbocycles. The second kappa shape index (κ2) is 13.3. The topological polar surface area (TPSA) is 6.48 Å². The van der Waals surface area contributed by atoms with Gasteiger partial charge in [-0.25, -0.2) is 0 Å². The van der Waals surface area contributed by atoms with E-state index in [-0.39, 0.29) is 20.6 Å². The van der Waals surface area contributed by atoms with Crippen molar-refractivity contribution >= 4 is 78.6 Å². The van der Waals surface area contributed by atoms with E-state index in [2.05, 4.69) is 205 Å². The molecule has 8 aromatic rings. The molecule has 60 heavy (non-hydrogen) atoms. The van der Waals surface area contributed by atoms with E-state index in [1.54, 1.807) is 0 Å². The van der Waals surface area contributed by atoms with Crippen LogP contribution in [0.25, 0.3) is 54.6 Å². The fourth-order valence-electron chi connectivity index (χ4n) is 13.1. The van der Waals surface area contributed by atoms with Gasteiger partial charge in [-0.2, -0.15) is 23.5 Å². The molecule has 4 aliphatic rings. The Labute approximate surface area is 363 Å². The molecule has 4 atom stereocenters. The highest BCUT2D eigenvalue weighted by molar-refractivity contribution is 7.99. The third-order valence-electron chi connectivity index (χ3n) is 15.9. The summed E-state index contributed by atoms with van der Waals surface area (Å²) in [4.78, 5) is 5.37. The molecule has 0 bridgehead atoms. The Morgan fingerprint density at radius 2 is 0.767 bits per heavy atom. The van der Waals surface area contributed by atoms with Gasteiger partial charge in [0.2, 0.25) is 0 Å². The highest BCUT2D eigenvalue weighted by Crippen LogP contribution is 2.67. The molecule has 0 amide bonds. The van der Waals surface area contributed by atoms with Crippen LogP contribution in [-0.4, -0.2) is 23.6 Å². The van der Waals surface area contributed by atoms with Crippen LogP contribution in [0.15, 0.2) is 146 Å². The number of hydrogen-bond acceptors (Lipinski definition) is 4. The lowest BCUT2D eigenvalue weighted by atomic mass is 9.71. The Morgan fingerprint density at radius 1 is 0.400 bits per heavy atom. The summed E-state index contributed by atoms with van der Waals surface area (Å²) in [7, 11) is 0. The first-order chi connectivity index (χ1) is 29.3. The molecular weight excluding hydrogens is 765 g/mol. The average molecular weight is 817 g/mol. The van der Waals surface area contributed by atoms with E-state index in [9.17, 15) is 0 Å². The van der Waals surface area contributed by atoms with Gasteiger partial charge in [0, 0.05) is 22.7 Å². The molecule has 0 radical (unpaired) electrons. The van der Waals surface area contributed by atoms with Crippen LogP contribution < -0.4 is 9.80 Å². The predicted octanol–water partition coefficient (Wildman–Crippen LogP) is 16.0. The number of fused-ring (bicyclic) bond motifs is 6. The lowest BCUT2D eigenvalue weighted by Crippen LogP contribution is -2.54. The van der Waals surface area contributed by atoms with Crippen molar-refractivity contribution < 1.29 is 0 Å². The van der Waals surface area contributed by atoms with Gasteiger partial charge in [-0.1, -0.05) is 98.5 Å². The summed E-state index contributed by atoms with van der Waals surface area (Å²) >= 11 is 4.16. The van der Waals surface area contributed by atoms with E-state index in [4.69, 9.17) is 0 Å². The number of nitrogens with zero attached hydrogens (tertiary/aromatic N) is 2. The van der Waals surface area contributed by atoms with Crippen LogP contribution in [0.1, 0.15) is 76.3 Å². The molecule has 2 heterocycles. The van der Waals surface area contributed by atoms with Crippen molar-refractivity contribution in [2.45, 2.75) is 85.8 Å². The fourth-order valence-corrected chi connectivity index (χ4v) is 15.8. The van der Waals surface area contributed by atoms with Gasteiger partial charge in [0.05, 0.1) is 20.6 Å². The molecule has 2 aliphatic heterocycles. The molecule has 2 saturated carbocycles. The zero-order valence-corrected chi connectivity index (χ0v) is 36.9. The number of thioether (sulfide) groups is 2. The van der Waals surface area contributed by atoms with Crippen molar-refractivity contribution in [3.05, 3.63) is 157 Å². The molecule has 0 N–H and O–H groups in total. The number of hydrogen-bond donors (Lipinski definition) is 0. The average Bonchev–Trinajstić information content (AvgIpc) is 3.67. The number of benzene rings is 8. The van der Waals surface area contributed by atoms with Crippen LogP contribution >= 0.6 is 23.5 Å². The third kappa shape index (κ3) is 4.81. The van der Waals surface area contributed by atoms with Gasteiger partial charge < -0.3 is 9.80 Å². The van der Waals surface area contributed by atoms with Gasteiger partial charge in [0.25, 0.3) is 0 Å². The van der Waals surface area contributed by atoms with E-state index in [0.717, 1.165) is 0 Å². The van der Waals surface area contributed by atoms with Crippen molar-refractivity contribution in [3.8, 4) is 22.3 Å². The van der Waals surface area contributed by atoms with Crippen molar-refractivity contribution in [1.29, 1.82) is 0 Å². The monoisotopic (exact) mass is 816 g/mol. The van der Waals surface area contributed by atoms with E-state index >= 15 is 0 Å². The van der Waals surface area contributed by atoms with Crippen LogP contribution in [0.5, 0.6) is 0 Å². The minimum absolute atomic E-state index is 0.0222. The minimum atomic E-state index is 0.0222. The summed E-state index contributed by atoms with van der Waals surface area (Å²) < 4.78 is 0.0960. The van der Waals surface area contributed by atoms with E-state index in [1.165, 1.54) is 140 Å². The van der Waals surface area contributed by atoms with Gasteiger partial charge >= 0.3 is 0 Å². The van der Waals surface area contributed by atoms with E-state index in [1.807, 2.05) is 0 Å². The maximum Gasteiger partial charge on any atom is 0.0658 e. The van der Waals surface area contributed by atoms with Gasteiger partial charge in [0.15, 0.2) is 0 Å². The van der Waals surface area contributed by atoms with Crippen molar-refractivity contribution in [2.24, 2.45) is 0 Å². The molecule has 12 rings (SSSR count). The molecule has 0 aromatic heterocycles. The number of para-hydroxylation sites is 2. The Morgan fingerprint density at radius 3 is 1.13 bits per heavy atom. The second-order valence-corrected chi connectivity index (χ2v) is 20.8. The molecule has 4 unspecified atom stereocenters. The van der Waals surface area contributed by atoms with Crippen LogP contribution in [0.3, 0.4) is 0 Å². The summed E-state index contributed by atoms with van der Waals surface area (Å²) in [6.07, 6.45) is 14.6. The highest BCUT2D eigenvalue weighted by Gasteiger charge is 2.61. The lowest BCUT2D eigenvalue weighted by Gasteiger charge is -2.51. The smallest absolute Gasteiger partial charge is 0.0658 e. The molecule has 2 nitrogen and oxygen atoms in total. The molecule has 0 saturated heterocycles. The molecule has 298 valence electrons. The molecule has 0 spiro atoms. The maximum absolute atomic E-state index is 2.69. The summed E-state index contributed by atoms with van der Waals surface area (Å²) in [5, 5.41) is 8.03. The summed E-state index contributed by atoms with van der Waals surface area (Å²) in [6.45, 7) is 5.07. The van der Waals surface area contributed by atoms with Crippen molar-refractivity contribution in [3.63, 3.8) is 0 Å². The Balaban J connectivity index is 0.957. The molecule has 2 fully saturated rings. The quantitative estimate of drug-likeness (QED) is 0.154. The SMILES string of the molecule is CSC12CCCCC1(C)N(c1ccccc1)c1ccc(-c3cc4ccc5cc(-c6ccc7c(c6)C6(SC)CCCCC6(C)N7c6ccccc6)cc6ccc(c3)c4c56)cc12. The van der Waals surface area contributed by atoms with Crippen LogP contribution in [0.4, 0.5) is 22.7 Å². The predicted molar refractivity (Wildman–Crippen MR) is 262 cm³/mol. The van der Waals surface area contributed by atoms with Gasteiger partial charge in [-0.3, -0.25) is 0 Å². The van der Waals surface area contributed by atoms with E-state index in [0.29, 0.717) is 0 Å². The van der Waals surface area contributed by atoms with Gasteiger partial charge in [-0.05, 0) is 191 Å². The van der Waals surface area contributed by atoms with Crippen molar-refractivity contribution in [2.75, 3.05) is 22.3 Å². The first-order valence-corrected chi connectivity index (χ1v) is 24.6. The third-order valence-corrected chi connectivity index (χ3v) is 19.0. The minimum Gasteiger partial charge on any atom is -0.334 e. The lowest BCUT2D eigenvalue weighted by molar-refractivity contribution is 0.262. The normalized spacial score (nSPS) is 25.8. The molecular formula is C56H52N2S2. The molecule has 8 aromatic carbocycles. The Hall–Kier alpha value is -4.90.